The molecule has 27 heavy (non-hydrogen) atoms. The van der Waals surface area contributed by atoms with Crippen LogP contribution in [0.1, 0.15) is 51.9 Å². The molecule has 3 aliphatic rings. The second-order valence-corrected chi connectivity index (χ2v) is 8.04. The van der Waals surface area contributed by atoms with E-state index in [1.165, 1.54) is 32.1 Å². The number of guanidine groups is 1. The number of aliphatic imine (C=N–C) groups is 1. The summed E-state index contributed by atoms with van der Waals surface area (Å²) in [7, 11) is 1.86. The molecule has 7 heteroatoms. The minimum absolute atomic E-state index is 0. The molecule has 3 fully saturated rings. The number of hydrogen-bond donors (Lipinski definition) is 1. The molecule has 1 N–H and O–H groups in total. The molecule has 0 aromatic rings. The Bertz CT molecular complexity index is 480. The lowest BCUT2D eigenvalue weighted by Gasteiger charge is -2.38. The van der Waals surface area contributed by atoms with Gasteiger partial charge in [-0.25, -0.2) is 0 Å². The number of nitrogens with zero attached hydrogens (tertiary/aromatic N) is 3. The van der Waals surface area contributed by atoms with Gasteiger partial charge in [-0.1, -0.05) is 26.2 Å². The van der Waals surface area contributed by atoms with Crippen LogP contribution in [0.2, 0.25) is 0 Å². The number of carbonyl (C=O) groups excluding carboxylic acids is 1. The van der Waals surface area contributed by atoms with Crippen molar-refractivity contribution in [1.29, 1.82) is 0 Å². The van der Waals surface area contributed by atoms with Gasteiger partial charge in [-0.05, 0) is 37.5 Å². The SMILES string of the molecule is CCC1CCC(CNC(=NC)N2CCN(C(=O)C3CCCO3)CC2)CC1.I. The van der Waals surface area contributed by atoms with Crippen molar-refractivity contribution in [3.63, 3.8) is 0 Å². The summed E-state index contributed by atoms with van der Waals surface area (Å²) in [5.41, 5.74) is 0. The number of rotatable bonds is 4. The Morgan fingerprint density at radius 3 is 2.22 bits per heavy atom. The summed E-state index contributed by atoms with van der Waals surface area (Å²) in [6, 6.07) is 0. The monoisotopic (exact) mass is 492 g/mol. The first kappa shape index (κ1) is 22.7. The molecule has 0 aromatic carbocycles. The van der Waals surface area contributed by atoms with Gasteiger partial charge >= 0.3 is 0 Å². The predicted octanol–water partition coefficient (Wildman–Crippen LogP) is 2.72. The number of carbonyl (C=O) groups is 1. The number of piperazine rings is 1. The van der Waals surface area contributed by atoms with Gasteiger partial charge in [-0.2, -0.15) is 0 Å². The Morgan fingerprint density at radius 2 is 1.67 bits per heavy atom. The van der Waals surface area contributed by atoms with E-state index in [2.05, 4.69) is 22.1 Å². The highest BCUT2D eigenvalue weighted by Crippen LogP contribution is 2.30. The van der Waals surface area contributed by atoms with E-state index in [4.69, 9.17) is 4.74 Å². The van der Waals surface area contributed by atoms with Crippen LogP contribution in [0.5, 0.6) is 0 Å². The maximum Gasteiger partial charge on any atom is 0.251 e. The molecular weight excluding hydrogens is 455 g/mol. The van der Waals surface area contributed by atoms with Gasteiger partial charge in [-0.3, -0.25) is 9.79 Å². The molecule has 2 saturated heterocycles. The summed E-state index contributed by atoms with van der Waals surface area (Å²) in [4.78, 5) is 21.2. The van der Waals surface area contributed by atoms with Crippen LogP contribution >= 0.6 is 24.0 Å². The zero-order valence-corrected chi connectivity index (χ0v) is 19.3. The first-order valence-corrected chi connectivity index (χ1v) is 10.6. The predicted molar refractivity (Wildman–Crippen MR) is 120 cm³/mol. The standard InChI is InChI=1S/C20H36N4O2.HI/c1-3-16-6-8-17(9-7-16)15-22-20(21-2)24-12-10-23(11-13-24)19(25)18-5-4-14-26-18;/h16-18H,3-15H2,1-2H3,(H,21,22);1H. The van der Waals surface area contributed by atoms with Crippen LogP contribution in [0.4, 0.5) is 0 Å². The van der Waals surface area contributed by atoms with Gasteiger partial charge in [0.25, 0.3) is 5.91 Å². The van der Waals surface area contributed by atoms with Crippen LogP contribution in [0.3, 0.4) is 0 Å². The molecule has 6 nitrogen and oxygen atoms in total. The first-order chi connectivity index (χ1) is 12.7. The number of halogens is 1. The van der Waals surface area contributed by atoms with Crippen molar-refractivity contribution >= 4 is 35.8 Å². The molecule has 2 aliphatic heterocycles. The molecule has 3 rings (SSSR count). The van der Waals surface area contributed by atoms with Gasteiger partial charge in [0.1, 0.15) is 6.10 Å². The summed E-state index contributed by atoms with van der Waals surface area (Å²) < 4.78 is 5.54. The lowest BCUT2D eigenvalue weighted by molar-refractivity contribution is -0.142. The second kappa shape index (κ2) is 11.4. The number of ether oxygens (including phenoxy) is 1. The Kier molecular flexibility index (Phi) is 9.62. The topological polar surface area (TPSA) is 57.2 Å². The summed E-state index contributed by atoms with van der Waals surface area (Å²) in [6.45, 7) is 7.29. The van der Waals surface area contributed by atoms with E-state index >= 15 is 0 Å². The highest BCUT2D eigenvalue weighted by Gasteiger charge is 2.31. The van der Waals surface area contributed by atoms with E-state index in [1.54, 1.807) is 0 Å². The average Bonchev–Trinajstić information content (AvgIpc) is 3.24. The maximum atomic E-state index is 12.5. The third-order valence-corrected chi connectivity index (χ3v) is 6.40. The van der Waals surface area contributed by atoms with Crippen molar-refractivity contribution in [2.75, 3.05) is 46.4 Å². The summed E-state index contributed by atoms with van der Waals surface area (Å²) in [6.07, 6.45) is 8.46. The lowest BCUT2D eigenvalue weighted by atomic mass is 9.81. The summed E-state index contributed by atoms with van der Waals surface area (Å²) in [5.74, 6) is 2.89. The zero-order valence-electron chi connectivity index (χ0n) is 17.0. The van der Waals surface area contributed by atoms with Gasteiger partial charge in [-0.15, -0.1) is 24.0 Å². The molecule has 1 atom stereocenters. The van der Waals surface area contributed by atoms with E-state index in [9.17, 15) is 4.79 Å². The minimum Gasteiger partial charge on any atom is -0.368 e. The van der Waals surface area contributed by atoms with Crippen molar-refractivity contribution in [3.8, 4) is 0 Å². The van der Waals surface area contributed by atoms with E-state index in [0.717, 1.165) is 70.0 Å². The fourth-order valence-corrected chi connectivity index (χ4v) is 4.53. The minimum atomic E-state index is -0.197. The third-order valence-electron chi connectivity index (χ3n) is 6.40. The maximum absolute atomic E-state index is 12.5. The van der Waals surface area contributed by atoms with Crippen LogP contribution in [0.25, 0.3) is 0 Å². The molecule has 1 saturated carbocycles. The van der Waals surface area contributed by atoms with Crippen molar-refractivity contribution in [2.24, 2.45) is 16.8 Å². The average molecular weight is 492 g/mol. The molecule has 156 valence electrons. The van der Waals surface area contributed by atoms with Crippen LogP contribution < -0.4 is 5.32 Å². The van der Waals surface area contributed by atoms with Crippen LogP contribution in [-0.2, 0) is 9.53 Å². The Morgan fingerprint density at radius 1 is 1.04 bits per heavy atom. The van der Waals surface area contributed by atoms with Crippen LogP contribution in [0, 0.1) is 11.8 Å². The Labute approximate surface area is 181 Å². The van der Waals surface area contributed by atoms with Crippen LogP contribution in [0.15, 0.2) is 4.99 Å². The molecule has 0 aromatic heterocycles. The highest BCUT2D eigenvalue weighted by atomic mass is 127. The van der Waals surface area contributed by atoms with Gasteiger partial charge in [0.15, 0.2) is 5.96 Å². The quantitative estimate of drug-likeness (QED) is 0.373. The highest BCUT2D eigenvalue weighted by molar-refractivity contribution is 14.0. The normalized spacial score (nSPS) is 29.4. The van der Waals surface area contributed by atoms with Crippen molar-refractivity contribution in [3.05, 3.63) is 0 Å². The van der Waals surface area contributed by atoms with E-state index < -0.39 is 0 Å². The van der Waals surface area contributed by atoms with E-state index in [0.29, 0.717) is 0 Å². The largest absolute Gasteiger partial charge is 0.368 e. The molecular formula is C20H37IN4O2. The van der Waals surface area contributed by atoms with Crippen molar-refractivity contribution < 1.29 is 9.53 Å². The number of hydrogen-bond acceptors (Lipinski definition) is 3. The van der Waals surface area contributed by atoms with E-state index in [-0.39, 0.29) is 36.0 Å². The second-order valence-electron chi connectivity index (χ2n) is 8.04. The van der Waals surface area contributed by atoms with E-state index in [1.807, 2.05) is 11.9 Å². The van der Waals surface area contributed by atoms with Gasteiger partial charge in [0.2, 0.25) is 0 Å². The molecule has 2 heterocycles. The molecule has 1 aliphatic carbocycles. The molecule has 0 bridgehead atoms. The summed E-state index contributed by atoms with van der Waals surface area (Å²) >= 11 is 0. The van der Waals surface area contributed by atoms with Crippen molar-refractivity contribution in [2.45, 2.75) is 58.0 Å². The van der Waals surface area contributed by atoms with Crippen molar-refractivity contribution in [1.82, 2.24) is 15.1 Å². The molecule has 1 unspecified atom stereocenters. The fraction of sp³-hybridized carbons (Fsp3) is 0.900. The molecule has 1 amide bonds. The number of nitrogens with one attached hydrogen (secondary N) is 1. The first-order valence-electron chi connectivity index (χ1n) is 10.6. The van der Waals surface area contributed by atoms with Crippen LogP contribution in [-0.4, -0.2) is 74.1 Å². The smallest absolute Gasteiger partial charge is 0.251 e. The fourth-order valence-electron chi connectivity index (χ4n) is 4.53. The summed E-state index contributed by atoms with van der Waals surface area (Å²) in [5, 5.41) is 3.59. The lowest BCUT2D eigenvalue weighted by Crippen LogP contribution is -2.55. The zero-order chi connectivity index (χ0) is 18.4. The van der Waals surface area contributed by atoms with Gasteiger partial charge < -0.3 is 19.9 Å². The van der Waals surface area contributed by atoms with Gasteiger partial charge in [0.05, 0.1) is 0 Å². The Balaban J connectivity index is 0.00000261. The number of amides is 1. The third kappa shape index (κ3) is 6.21. The van der Waals surface area contributed by atoms with Gasteiger partial charge in [0, 0.05) is 46.4 Å². The Hall–Kier alpha value is -0.570. The molecule has 0 spiro atoms. The molecule has 0 radical (unpaired) electrons.